The third-order valence-electron chi connectivity index (χ3n) is 5.73. The van der Waals surface area contributed by atoms with Gasteiger partial charge in [-0.15, -0.1) is 0 Å². The maximum atomic E-state index is 11.9. The molecule has 2 aromatic carbocycles. The lowest BCUT2D eigenvalue weighted by atomic mass is 9.96. The summed E-state index contributed by atoms with van der Waals surface area (Å²) < 4.78 is 5.17. The number of hydrogen-bond donors (Lipinski definition) is 0. The Balaban J connectivity index is 1.39. The van der Waals surface area contributed by atoms with Gasteiger partial charge in [0.2, 0.25) is 0 Å². The first-order chi connectivity index (χ1) is 14.7. The Morgan fingerprint density at radius 3 is 2.23 bits per heavy atom. The molecular weight excluding hydrogens is 372 g/mol. The molecule has 2 heterocycles. The van der Waals surface area contributed by atoms with Gasteiger partial charge in [0.15, 0.2) is 0 Å². The zero-order chi connectivity index (χ0) is 20.8. The fourth-order valence-corrected chi connectivity index (χ4v) is 4.06. The highest BCUT2D eigenvalue weighted by molar-refractivity contribution is 5.72. The summed E-state index contributed by atoms with van der Waals surface area (Å²) in [6.45, 7) is 5.02. The molecule has 1 fully saturated rings. The van der Waals surface area contributed by atoms with Crippen LogP contribution < -0.4 is 0 Å². The van der Waals surface area contributed by atoms with Crippen molar-refractivity contribution < 1.29 is 9.53 Å². The maximum Gasteiger partial charge on any atom is 0.309 e. The molecule has 0 radical (unpaired) electrons. The molecule has 3 aromatic rings. The molecule has 1 aliphatic rings. The molecule has 0 unspecified atom stereocenters. The van der Waals surface area contributed by atoms with Crippen LogP contribution in [0.25, 0.3) is 22.3 Å². The van der Waals surface area contributed by atoms with Crippen molar-refractivity contribution in [1.82, 2.24) is 9.88 Å². The van der Waals surface area contributed by atoms with Crippen LogP contribution in [0.1, 0.15) is 25.3 Å². The lowest BCUT2D eigenvalue weighted by molar-refractivity contribution is -0.149. The van der Waals surface area contributed by atoms with Crippen LogP contribution in [0.2, 0.25) is 0 Å². The monoisotopic (exact) mass is 400 g/mol. The van der Waals surface area contributed by atoms with Gasteiger partial charge < -0.3 is 4.74 Å². The first kappa shape index (κ1) is 20.3. The average Bonchev–Trinajstić information content (AvgIpc) is 2.81. The van der Waals surface area contributed by atoms with Gasteiger partial charge in [0, 0.05) is 24.5 Å². The molecule has 30 heavy (non-hydrogen) atoms. The number of hydrogen-bond acceptors (Lipinski definition) is 4. The van der Waals surface area contributed by atoms with E-state index in [-0.39, 0.29) is 11.9 Å². The standard InChI is InChI=1S/C26H28N2O2/c1-2-30-26(29)24-12-14-28(15-13-24)19-20-16-25(18-27-17-20)23-10-8-22(9-11-23)21-6-4-3-5-7-21/h3-11,16-18,24H,2,12-15,19H2,1H3. The highest BCUT2D eigenvalue weighted by Crippen LogP contribution is 2.26. The minimum atomic E-state index is -0.0419. The molecule has 0 amide bonds. The number of nitrogens with zero attached hydrogens (tertiary/aromatic N) is 2. The minimum absolute atomic E-state index is 0.0419. The smallest absolute Gasteiger partial charge is 0.309 e. The van der Waals surface area contributed by atoms with Gasteiger partial charge in [-0.1, -0.05) is 54.6 Å². The molecular formula is C26H28N2O2. The van der Waals surface area contributed by atoms with Crippen molar-refractivity contribution in [1.29, 1.82) is 0 Å². The summed E-state index contributed by atoms with van der Waals surface area (Å²) in [6, 6.07) is 21.3. The quantitative estimate of drug-likeness (QED) is 0.534. The number of carbonyl (C=O) groups excluding carboxylic acids is 1. The van der Waals surface area contributed by atoms with E-state index in [2.05, 4.69) is 64.5 Å². The number of aromatic nitrogens is 1. The predicted molar refractivity (Wildman–Crippen MR) is 120 cm³/mol. The number of ether oxygens (including phenoxy) is 1. The number of rotatable bonds is 6. The summed E-state index contributed by atoms with van der Waals surface area (Å²) in [5, 5.41) is 0. The van der Waals surface area contributed by atoms with Crippen LogP contribution >= 0.6 is 0 Å². The molecule has 1 aromatic heterocycles. The third-order valence-corrected chi connectivity index (χ3v) is 5.73. The van der Waals surface area contributed by atoms with Gasteiger partial charge in [0.1, 0.15) is 0 Å². The predicted octanol–water partition coefficient (Wildman–Crippen LogP) is 5.19. The van der Waals surface area contributed by atoms with Crippen LogP contribution in [0.3, 0.4) is 0 Å². The number of pyridine rings is 1. The third kappa shape index (κ3) is 4.95. The zero-order valence-electron chi connectivity index (χ0n) is 17.5. The van der Waals surface area contributed by atoms with Crippen molar-refractivity contribution in [3.63, 3.8) is 0 Å². The molecule has 154 valence electrons. The second-order valence-electron chi connectivity index (χ2n) is 7.83. The topological polar surface area (TPSA) is 42.4 Å². The number of likely N-dealkylation sites (tertiary alicyclic amines) is 1. The Morgan fingerprint density at radius 2 is 1.57 bits per heavy atom. The van der Waals surface area contributed by atoms with Gasteiger partial charge in [-0.3, -0.25) is 14.7 Å². The van der Waals surface area contributed by atoms with E-state index in [4.69, 9.17) is 4.74 Å². The first-order valence-corrected chi connectivity index (χ1v) is 10.7. The van der Waals surface area contributed by atoms with Gasteiger partial charge in [0.25, 0.3) is 0 Å². The number of carbonyl (C=O) groups is 1. The van der Waals surface area contributed by atoms with E-state index < -0.39 is 0 Å². The molecule has 0 bridgehead atoms. The maximum absolute atomic E-state index is 11.9. The second kappa shape index (κ2) is 9.68. The van der Waals surface area contributed by atoms with Crippen LogP contribution in [0.5, 0.6) is 0 Å². The number of piperidine rings is 1. The van der Waals surface area contributed by atoms with Crippen molar-refractivity contribution >= 4 is 5.97 Å². The summed E-state index contributed by atoms with van der Waals surface area (Å²) in [4.78, 5) is 18.8. The molecule has 1 aliphatic heterocycles. The van der Waals surface area contributed by atoms with Gasteiger partial charge >= 0.3 is 5.97 Å². The Morgan fingerprint density at radius 1 is 0.933 bits per heavy atom. The molecule has 0 saturated carbocycles. The van der Waals surface area contributed by atoms with Crippen LogP contribution in [0.15, 0.2) is 73.1 Å². The molecule has 1 saturated heterocycles. The van der Waals surface area contributed by atoms with E-state index in [0.29, 0.717) is 6.61 Å². The summed E-state index contributed by atoms with van der Waals surface area (Å²) in [5.41, 5.74) is 5.95. The Bertz CT molecular complexity index is 962. The van der Waals surface area contributed by atoms with Crippen LogP contribution in [0.4, 0.5) is 0 Å². The second-order valence-corrected chi connectivity index (χ2v) is 7.83. The van der Waals surface area contributed by atoms with Crippen molar-refractivity contribution in [2.75, 3.05) is 19.7 Å². The highest BCUT2D eigenvalue weighted by Gasteiger charge is 2.25. The van der Waals surface area contributed by atoms with E-state index in [0.717, 1.165) is 38.0 Å². The van der Waals surface area contributed by atoms with E-state index >= 15 is 0 Å². The Labute approximate surface area is 178 Å². The Kier molecular flexibility index (Phi) is 6.55. The SMILES string of the molecule is CCOC(=O)C1CCN(Cc2cncc(-c3ccc(-c4ccccc4)cc3)c2)CC1. The van der Waals surface area contributed by atoms with Crippen molar-refractivity contribution in [3.8, 4) is 22.3 Å². The van der Waals surface area contributed by atoms with E-state index in [9.17, 15) is 4.79 Å². The van der Waals surface area contributed by atoms with E-state index in [1.54, 1.807) is 0 Å². The van der Waals surface area contributed by atoms with Gasteiger partial charge in [-0.2, -0.15) is 0 Å². The molecule has 0 atom stereocenters. The molecule has 4 rings (SSSR count). The normalized spacial score (nSPS) is 15.1. The van der Waals surface area contributed by atoms with Crippen LogP contribution in [-0.2, 0) is 16.1 Å². The lowest BCUT2D eigenvalue weighted by Gasteiger charge is -2.30. The van der Waals surface area contributed by atoms with E-state index in [1.165, 1.54) is 22.3 Å². The molecule has 0 spiro atoms. The number of esters is 1. The molecule has 0 aliphatic carbocycles. The highest BCUT2D eigenvalue weighted by atomic mass is 16.5. The number of benzene rings is 2. The van der Waals surface area contributed by atoms with E-state index in [1.807, 2.05) is 25.4 Å². The summed E-state index contributed by atoms with van der Waals surface area (Å²) in [6.07, 6.45) is 5.60. The van der Waals surface area contributed by atoms with Gasteiger partial charge in [-0.05, 0) is 61.2 Å². The zero-order valence-corrected chi connectivity index (χ0v) is 17.5. The van der Waals surface area contributed by atoms with Crippen molar-refractivity contribution in [2.45, 2.75) is 26.3 Å². The summed E-state index contributed by atoms with van der Waals surface area (Å²) in [7, 11) is 0. The minimum Gasteiger partial charge on any atom is -0.466 e. The first-order valence-electron chi connectivity index (χ1n) is 10.7. The van der Waals surface area contributed by atoms with Gasteiger partial charge in [-0.25, -0.2) is 0 Å². The average molecular weight is 401 g/mol. The van der Waals surface area contributed by atoms with Crippen LogP contribution in [-0.4, -0.2) is 35.5 Å². The van der Waals surface area contributed by atoms with Crippen molar-refractivity contribution in [3.05, 3.63) is 78.6 Å². The molecule has 4 heteroatoms. The Hall–Kier alpha value is -2.98. The molecule has 0 N–H and O–H groups in total. The molecule has 4 nitrogen and oxygen atoms in total. The summed E-state index contributed by atoms with van der Waals surface area (Å²) in [5.74, 6) is 0.00792. The van der Waals surface area contributed by atoms with Crippen LogP contribution in [0, 0.1) is 5.92 Å². The van der Waals surface area contributed by atoms with Gasteiger partial charge in [0.05, 0.1) is 12.5 Å². The summed E-state index contributed by atoms with van der Waals surface area (Å²) >= 11 is 0. The largest absolute Gasteiger partial charge is 0.466 e. The van der Waals surface area contributed by atoms with Crippen molar-refractivity contribution in [2.24, 2.45) is 5.92 Å². The lowest BCUT2D eigenvalue weighted by Crippen LogP contribution is -2.36. The fraction of sp³-hybridized carbons (Fsp3) is 0.308. The fourth-order valence-electron chi connectivity index (χ4n) is 4.06.